The van der Waals surface area contributed by atoms with Gasteiger partial charge in [-0.1, -0.05) is 42.5 Å². The summed E-state index contributed by atoms with van der Waals surface area (Å²) in [5.74, 6) is -0.502. The molecule has 2 aromatic rings. The number of hydroxylamine groups is 2. The van der Waals surface area contributed by atoms with E-state index in [4.69, 9.17) is 0 Å². The van der Waals surface area contributed by atoms with Crippen molar-refractivity contribution < 1.29 is 9.59 Å². The molecule has 1 amide bonds. The number of anilines is 1. The van der Waals surface area contributed by atoms with Crippen molar-refractivity contribution in [3.8, 4) is 0 Å². The van der Waals surface area contributed by atoms with Crippen molar-refractivity contribution in [2.24, 2.45) is 0 Å². The summed E-state index contributed by atoms with van der Waals surface area (Å²) in [7, 11) is 0. The molecule has 0 bridgehead atoms. The summed E-state index contributed by atoms with van der Waals surface area (Å²) >= 11 is 0. The van der Waals surface area contributed by atoms with Crippen LogP contribution in [0.1, 0.15) is 27.1 Å². The minimum absolute atomic E-state index is 0.00788. The average Bonchev–Trinajstić information content (AvgIpc) is 2.64. The first kappa shape index (κ1) is 16.7. The lowest BCUT2D eigenvalue weighted by Gasteiger charge is -2.33. The van der Waals surface area contributed by atoms with Gasteiger partial charge < -0.3 is 15.6 Å². The molecule has 1 aliphatic rings. The number of rotatable bonds is 5. The van der Waals surface area contributed by atoms with Crippen LogP contribution in [0.2, 0.25) is 0 Å². The lowest BCUT2D eigenvalue weighted by molar-refractivity contribution is 0.0987. The molecule has 126 valence electrons. The number of hydrogen-bond donors (Lipinski definition) is 1. The fourth-order valence-corrected chi connectivity index (χ4v) is 2.56. The van der Waals surface area contributed by atoms with Crippen LogP contribution >= 0.6 is 0 Å². The number of ketones is 1. The molecule has 0 fully saturated rings. The van der Waals surface area contributed by atoms with Crippen molar-refractivity contribution in [1.82, 2.24) is 5.06 Å². The monoisotopic (exact) mass is 333 g/mol. The Bertz CT molecular complexity index is 841. The van der Waals surface area contributed by atoms with Gasteiger partial charge in [-0.3, -0.25) is 9.59 Å². The van der Waals surface area contributed by atoms with E-state index in [1.807, 2.05) is 6.07 Å². The van der Waals surface area contributed by atoms with Gasteiger partial charge in [-0.15, -0.1) is 0 Å². The Hall–Kier alpha value is -3.18. The van der Waals surface area contributed by atoms with Gasteiger partial charge in [0, 0.05) is 23.4 Å². The van der Waals surface area contributed by atoms with Crippen LogP contribution in [-0.2, 0) is 0 Å². The highest BCUT2D eigenvalue weighted by molar-refractivity contribution is 6.09. The molecule has 1 aliphatic heterocycles. The molecule has 3 rings (SSSR count). The molecule has 0 unspecified atom stereocenters. The quantitative estimate of drug-likeness (QED) is 0.846. The lowest BCUT2D eigenvalue weighted by Crippen LogP contribution is -2.21. The standard InChI is InChI=1S/C20H17N2O3/c23-19(14-16-10-6-7-13-22(16)25)17-11-4-5-12-18(17)21-20(24)15-8-2-1-3-9-15/h1-12H,13-14H2,(H,21,24)/q-1. The molecular weight excluding hydrogens is 316 g/mol. The van der Waals surface area contributed by atoms with E-state index in [0.717, 1.165) is 5.06 Å². The summed E-state index contributed by atoms with van der Waals surface area (Å²) in [6.07, 6.45) is 5.13. The molecule has 0 saturated heterocycles. The fourth-order valence-electron chi connectivity index (χ4n) is 2.56. The number of hydrogen-bond acceptors (Lipinski definition) is 4. The van der Waals surface area contributed by atoms with E-state index < -0.39 is 0 Å². The molecule has 25 heavy (non-hydrogen) atoms. The molecule has 0 radical (unpaired) electrons. The highest BCUT2D eigenvalue weighted by Gasteiger charge is 2.16. The van der Waals surface area contributed by atoms with E-state index >= 15 is 0 Å². The number of allylic oxidation sites excluding steroid dienone is 3. The van der Waals surface area contributed by atoms with Crippen LogP contribution in [0, 0.1) is 5.21 Å². The minimum Gasteiger partial charge on any atom is -0.758 e. The molecule has 0 aromatic heterocycles. The molecule has 2 aromatic carbocycles. The first-order valence-electron chi connectivity index (χ1n) is 7.94. The van der Waals surface area contributed by atoms with Crippen molar-refractivity contribution in [2.45, 2.75) is 6.42 Å². The van der Waals surface area contributed by atoms with Crippen LogP contribution in [0.15, 0.2) is 78.5 Å². The van der Waals surface area contributed by atoms with Gasteiger partial charge in [0.2, 0.25) is 0 Å². The minimum atomic E-state index is -0.286. The Kier molecular flexibility index (Phi) is 5.06. The highest BCUT2D eigenvalue weighted by Crippen LogP contribution is 2.22. The number of Topliss-reactive ketones (excluding diaryl/α,β-unsaturated/α-hetero) is 1. The van der Waals surface area contributed by atoms with Crippen molar-refractivity contribution in [3.05, 3.63) is 94.9 Å². The average molecular weight is 333 g/mol. The number of benzene rings is 2. The van der Waals surface area contributed by atoms with E-state index in [0.29, 0.717) is 22.5 Å². The molecule has 0 spiro atoms. The first-order valence-corrected chi connectivity index (χ1v) is 7.94. The van der Waals surface area contributed by atoms with Gasteiger partial charge in [0.15, 0.2) is 5.78 Å². The van der Waals surface area contributed by atoms with Gasteiger partial charge in [-0.25, -0.2) is 0 Å². The van der Waals surface area contributed by atoms with Gasteiger partial charge in [0.25, 0.3) is 5.91 Å². The number of carbonyl (C=O) groups is 2. The van der Waals surface area contributed by atoms with Crippen molar-refractivity contribution in [2.75, 3.05) is 11.9 Å². The van der Waals surface area contributed by atoms with Crippen LogP contribution in [-0.4, -0.2) is 23.3 Å². The number of para-hydroxylation sites is 1. The maximum atomic E-state index is 12.6. The summed E-state index contributed by atoms with van der Waals surface area (Å²) in [5, 5.41) is 15.3. The second-order valence-electron chi connectivity index (χ2n) is 5.61. The second kappa shape index (κ2) is 7.59. The van der Waals surface area contributed by atoms with Gasteiger partial charge in [0.1, 0.15) is 0 Å². The predicted octanol–water partition coefficient (Wildman–Crippen LogP) is 3.77. The highest BCUT2D eigenvalue weighted by atomic mass is 16.5. The summed E-state index contributed by atoms with van der Waals surface area (Å²) < 4.78 is 0. The molecule has 0 atom stereocenters. The smallest absolute Gasteiger partial charge is 0.255 e. The summed E-state index contributed by atoms with van der Waals surface area (Å²) in [6.45, 7) is 0.242. The number of nitrogens with one attached hydrogen (secondary N) is 1. The zero-order chi connectivity index (χ0) is 17.6. The predicted molar refractivity (Wildman–Crippen MR) is 97.1 cm³/mol. The largest absolute Gasteiger partial charge is 0.758 e. The van der Waals surface area contributed by atoms with Crippen LogP contribution in [0.4, 0.5) is 5.69 Å². The summed E-state index contributed by atoms with van der Waals surface area (Å²) in [5.41, 5.74) is 1.74. The van der Waals surface area contributed by atoms with E-state index in [2.05, 4.69) is 5.32 Å². The second-order valence-corrected chi connectivity index (χ2v) is 5.61. The van der Waals surface area contributed by atoms with Gasteiger partial charge >= 0.3 is 0 Å². The lowest BCUT2D eigenvalue weighted by atomic mass is 10.0. The van der Waals surface area contributed by atoms with E-state index in [-0.39, 0.29) is 24.7 Å². The Morgan fingerprint density at radius 2 is 1.76 bits per heavy atom. The van der Waals surface area contributed by atoms with Gasteiger partial charge in [-0.2, -0.15) is 0 Å². The first-order chi connectivity index (χ1) is 12.1. The maximum absolute atomic E-state index is 12.6. The summed E-state index contributed by atoms with van der Waals surface area (Å²) in [6, 6.07) is 15.6. The van der Waals surface area contributed by atoms with Gasteiger partial charge in [-0.05, 0) is 30.3 Å². The molecule has 5 nitrogen and oxygen atoms in total. The van der Waals surface area contributed by atoms with E-state index in [9.17, 15) is 14.8 Å². The number of carbonyl (C=O) groups excluding carboxylic acids is 2. The molecular formula is C20H17N2O3-. The Labute approximate surface area is 145 Å². The molecule has 1 N–H and O–H groups in total. The van der Waals surface area contributed by atoms with E-state index in [1.54, 1.807) is 66.8 Å². The van der Waals surface area contributed by atoms with Crippen molar-refractivity contribution in [3.63, 3.8) is 0 Å². The third-order valence-corrected chi connectivity index (χ3v) is 3.87. The van der Waals surface area contributed by atoms with Crippen LogP contribution < -0.4 is 5.32 Å². The number of amides is 1. The van der Waals surface area contributed by atoms with Gasteiger partial charge in [0.05, 0.1) is 12.1 Å². The number of nitrogens with zero attached hydrogens (tertiary/aromatic N) is 1. The molecule has 1 heterocycles. The Morgan fingerprint density at radius 1 is 1.04 bits per heavy atom. The topological polar surface area (TPSA) is 72.5 Å². The fraction of sp³-hybridized carbons (Fsp3) is 0.100. The zero-order valence-corrected chi connectivity index (χ0v) is 13.5. The Morgan fingerprint density at radius 3 is 2.52 bits per heavy atom. The Balaban J connectivity index is 1.79. The van der Waals surface area contributed by atoms with Crippen LogP contribution in [0.3, 0.4) is 0 Å². The van der Waals surface area contributed by atoms with Crippen molar-refractivity contribution in [1.29, 1.82) is 0 Å². The summed E-state index contributed by atoms with van der Waals surface area (Å²) in [4.78, 5) is 24.9. The zero-order valence-electron chi connectivity index (χ0n) is 13.5. The van der Waals surface area contributed by atoms with E-state index in [1.165, 1.54) is 0 Å². The molecule has 0 saturated carbocycles. The molecule has 0 aliphatic carbocycles. The van der Waals surface area contributed by atoms with Crippen LogP contribution in [0.5, 0.6) is 0 Å². The molecule has 5 heteroatoms. The SMILES string of the molecule is O=C(Nc1ccccc1C(=O)CC1=CC=CCN1[O-])c1ccccc1. The van der Waals surface area contributed by atoms with Crippen molar-refractivity contribution >= 4 is 17.4 Å². The third-order valence-electron chi connectivity index (χ3n) is 3.87. The third kappa shape index (κ3) is 4.02. The maximum Gasteiger partial charge on any atom is 0.255 e. The normalized spacial score (nSPS) is 13.3. The van der Waals surface area contributed by atoms with Crippen LogP contribution in [0.25, 0.3) is 0 Å².